The maximum atomic E-state index is 12.6. The zero-order valence-electron chi connectivity index (χ0n) is 19.8. The molecule has 35 heavy (non-hydrogen) atoms. The molecule has 4 rings (SSSR count). The number of aromatic amines is 1. The number of pyridine rings is 1. The lowest BCUT2D eigenvalue weighted by Crippen LogP contribution is -2.31. The zero-order valence-corrected chi connectivity index (χ0v) is 19.8. The SMILES string of the molecule is CCOc1cc(/C=C/C(=O)NC2CCCc3[nH]c(=O)ccc32)ccc1OCCOc1ccccc1. The van der Waals surface area contributed by atoms with Gasteiger partial charge in [-0.15, -0.1) is 0 Å². The Labute approximate surface area is 204 Å². The number of carbonyl (C=O) groups is 1. The Kier molecular flexibility index (Phi) is 8.22. The van der Waals surface area contributed by atoms with Crippen LogP contribution in [0.15, 0.2) is 71.5 Å². The van der Waals surface area contributed by atoms with Crippen molar-refractivity contribution in [3.8, 4) is 17.2 Å². The molecule has 0 saturated carbocycles. The Hall–Kier alpha value is -4.00. The van der Waals surface area contributed by atoms with Gasteiger partial charge in [-0.3, -0.25) is 9.59 Å². The first-order valence-corrected chi connectivity index (χ1v) is 11.9. The first-order valence-electron chi connectivity index (χ1n) is 11.9. The topological polar surface area (TPSA) is 89.7 Å². The number of amides is 1. The molecule has 0 bridgehead atoms. The second-order valence-corrected chi connectivity index (χ2v) is 8.19. The van der Waals surface area contributed by atoms with E-state index >= 15 is 0 Å². The van der Waals surface area contributed by atoms with E-state index in [0.29, 0.717) is 31.3 Å². The van der Waals surface area contributed by atoms with Crippen molar-refractivity contribution in [2.24, 2.45) is 0 Å². The third-order valence-corrected chi connectivity index (χ3v) is 5.70. The monoisotopic (exact) mass is 474 g/mol. The molecule has 1 aliphatic carbocycles. The summed E-state index contributed by atoms with van der Waals surface area (Å²) in [6.45, 7) is 3.19. The van der Waals surface area contributed by atoms with Crippen LogP contribution in [-0.4, -0.2) is 30.7 Å². The minimum atomic E-state index is -0.189. The molecule has 2 N–H and O–H groups in total. The molecule has 3 aromatic rings. The number of benzene rings is 2. The number of hydrogen-bond acceptors (Lipinski definition) is 5. The fraction of sp³-hybridized carbons (Fsp3) is 0.286. The van der Waals surface area contributed by atoms with Gasteiger partial charge in [0.25, 0.3) is 0 Å². The molecule has 182 valence electrons. The highest BCUT2D eigenvalue weighted by Crippen LogP contribution is 2.30. The predicted molar refractivity (Wildman–Crippen MR) is 135 cm³/mol. The maximum Gasteiger partial charge on any atom is 0.248 e. The van der Waals surface area contributed by atoms with Crippen LogP contribution in [0.5, 0.6) is 17.2 Å². The number of aryl methyl sites for hydroxylation is 1. The van der Waals surface area contributed by atoms with E-state index in [9.17, 15) is 9.59 Å². The van der Waals surface area contributed by atoms with Crippen LogP contribution in [0.2, 0.25) is 0 Å². The van der Waals surface area contributed by atoms with E-state index in [0.717, 1.165) is 41.8 Å². The van der Waals surface area contributed by atoms with Gasteiger partial charge >= 0.3 is 0 Å². The van der Waals surface area contributed by atoms with Gasteiger partial charge in [-0.05, 0) is 73.7 Å². The van der Waals surface area contributed by atoms with Gasteiger partial charge < -0.3 is 24.5 Å². The number of aromatic nitrogens is 1. The number of carbonyl (C=O) groups excluding carboxylic acids is 1. The van der Waals surface area contributed by atoms with Gasteiger partial charge in [0.05, 0.1) is 12.6 Å². The molecule has 1 heterocycles. The summed E-state index contributed by atoms with van der Waals surface area (Å²) in [6, 6.07) is 18.3. The molecule has 0 aliphatic heterocycles. The largest absolute Gasteiger partial charge is 0.490 e. The summed E-state index contributed by atoms with van der Waals surface area (Å²) >= 11 is 0. The number of H-pyrrole nitrogens is 1. The summed E-state index contributed by atoms with van der Waals surface area (Å²) in [6.07, 6.45) is 5.83. The van der Waals surface area contributed by atoms with Crippen molar-refractivity contribution in [3.63, 3.8) is 0 Å². The lowest BCUT2D eigenvalue weighted by molar-refractivity contribution is -0.117. The average molecular weight is 475 g/mol. The lowest BCUT2D eigenvalue weighted by atomic mass is 9.91. The Balaban J connectivity index is 1.34. The third-order valence-electron chi connectivity index (χ3n) is 5.70. The van der Waals surface area contributed by atoms with Crippen molar-refractivity contribution in [2.45, 2.75) is 32.2 Å². The van der Waals surface area contributed by atoms with Crippen LogP contribution in [-0.2, 0) is 11.2 Å². The molecular formula is C28H30N2O5. The fourth-order valence-electron chi connectivity index (χ4n) is 4.09. The first kappa shape index (κ1) is 24.1. The first-order chi connectivity index (χ1) is 17.1. The van der Waals surface area contributed by atoms with E-state index in [1.807, 2.05) is 55.5 Å². The molecule has 2 aromatic carbocycles. The summed E-state index contributed by atoms with van der Waals surface area (Å²) in [7, 11) is 0. The van der Waals surface area contributed by atoms with Crippen LogP contribution in [0.25, 0.3) is 6.08 Å². The Bertz CT molecular complexity index is 1220. The van der Waals surface area contributed by atoms with E-state index in [-0.39, 0.29) is 17.5 Å². The number of hydrogen-bond donors (Lipinski definition) is 2. The van der Waals surface area contributed by atoms with Crippen molar-refractivity contribution >= 4 is 12.0 Å². The number of ether oxygens (including phenoxy) is 3. The molecule has 1 amide bonds. The average Bonchev–Trinajstić information content (AvgIpc) is 2.87. The van der Waals surface area contributed by atoms with E-state index in [1.54, 1.807) is 12.1 Å². The van der Waals surface area contributed by atoms with Crippen molar-refractivity contribution < 1.29 is 19.0 Å². The molecule has 0 spiro atoms. The molecular weight excluding hydrogens is 444 g/mol. The summed E-state index contributed by atoms with van der Waals surface area (Å²) in [5.41, 5.74) is 2.60. The molecule has 7 nitrogen and oxygen atoms in total. The number of rotatable bonds is 10. The smallest absolute Gasteiger partial charge is 0.248 e. The second kappa shape index (κ2) is 11.9. The van der Waals surface area contributed by atoms with Gasteiger partial charge in [0.2, 0.25) is 11.5 Å². The quantitative estimate of drug-likeness (QED) is 0.335. The minimum absolute atomic E-state index is 0.111. The van der Waals surface area contributed by atoms with Gasteiger partial charge in [-0.1, -0.05) is 24.3 Å². The van der Waals surface area contributed by atoms with Crippen LogP contribution in [0.3, 0.4) is 0 Å². The zero-order chi connectivity index (χ0) is 24.5. The summed E-state index contributed by atoms with van der Waals surface area (Å²) < 4.78 is 17.3. The molecule has 1 aromatic heterocycles. The van der Waals surface area contributed by atoms with E-state index in [1.165, 1.54) is 12.1 Å². The van der Waals surface area contributed by atoms with Crippen molar-refractivity contribution in [3.05, 3.63) is 93.9 Å². The van der Waals surface area contributed by atoms with Gasteiger partial charge in [0.15, 0.2) is 11.5 Å². The highest BCUT2D eigenvalue weighted by Gasteiger charge is 2.21. The van der Waals surface area contributed by atoms with Crippen LogP contribution in [0, 0.1) is 0 Å². The molecule has 0 fully saturated rings. The predicted octanol–water partition coefficient (Wildman–Crippen LogP) is 4.44. The van der Waals surface area contributed by atoms with Gasteiger partial charge in [0.1, 0.15) is 19.0 Å². The second-order valence-electron chi connectivity index (χ2n) is 8.19. The lowest BCUT2D eigenvalue weighted by Gasteiger charge is -2.25. The summed E-state index contributed by atoms with van der Waals surface area (Å²) in [4.78, 5) is 27.1. The summed E-state index contributed by atoms with van der Waals surface area (Å²) in [5.74, 6) is 1.84. The van der Waals surface area contributed by atoms with Crippen LogP contribution in [0.4, 0.5) is 0 Å². The Morgan fingerprint density at radius 3 is 2.69 bits per heavy atom. The third kappa shape index (κ3) is 6.76. The maximum absolute atomic E-state index is 12.6. The van der Waals surface area contributed by atoms with Crippen LogP contribution < -0.4 is 25.1 Å². The number of para-hydroxylation sites is 1. The van der Waals surface area contributed by atoms with Gasteiger partial charge in [-0.2, -0.15) is 0 Å². The fourth-order valence-corrected chi connectivity index (χ4v) is 4.09. The molecule has 1 aliphatic rings. The van der Waals surface area contributed by atoms with Gasteiger partial charge in [-0.25, -0.2) is 0 Å². The van der Waals surface area contributed by atoms with Crippen molar-refractivity contribution in [1.82, 2.24) is 10.3 Å². The molecule has 0 radical (unpaired) electrons. The summed E-state index contributed by atoms with van der Waals surface area (Å²) in [5, 5.41) is 3.05. The molecule has 1 unspecified atom stereocenters. The Morgan fingerprint density at radius 1 is 1.03 bits per heavy atom. The normalized spacial score (nSPS) is 14.8. The molecule has 0 saturated heterocycles. The molecule has 7 heteroatoms. The minimum Gasteiger partial charge on any atom is -0.490 e. The van der Waals surface area contributed by atoms with Crippen molar-refractivity contribution in [2.75, 3.05) is 19.8 Å². The molecule has 1 atom stereocenters. The number of fused-ring (bicyclic) bond motifs is 1. The van der Waals surface area contributed by atoms with E-state index < -0.39 is 0 Å². The standard InChI is InChI=1S/C28H30N2O5/c1-2-33-26-19-20(11-14-25(26)35-18-17-34-21-7-4-3-5-8-21)12-15-27(31)29-23-9-6-10-24-22(23)13-16-28(32)30-24/h3-5,7-8,11-16,19,23H,2,6,9-10,17-18H2,1H3,(H,29,31)(H,30,32)/b15-12+. The van der Waals surface area contributed by atoms with E-state index in [4.69, 9.17) is 14.2 Å². The Morgan fingerprint density at radius 2 is 1.86 bits per heavy atom. The number of nitrogens with one attached hydrogen (secondary N) is 2. The van der Waals surface area contributed by atoms with Crippen LogP contribution in [0.1, 0.15) is 42.6 Å². The highest BCUT2D eigenvalue weighted by molar-refractivity contribution is 5.92. The van der Waals surface area contributed by atoms with E-state index in [2.05, 4.69) is 10.3 Å². The van der Waals surface area contributed by atoms with Crippen molar-refractivity contribution in [1.29, 1.82) is 0 Å². The van der Waals surface area contributed by atoms with Gasteiger partial charge in [0, 0.05) is 17.8 Å². The highest BCUT2D eigenvalue weighted by atomic mass is 16.5. The van der Waals surface area contributed by atoms with Crippen LogP contribution >= 0.6 is 0 Å².